The van der Waals surface area contributed by atoms with Crippen molar-refractivity contribution in [3.63, 3.8) is 0 Å². The first kappa shape index (κ1) is 26.9. The normalized spacial score (nSPS) is 16.2. The second-order valence-electron chi connectivity index (χ2n) is 8.33. The summed E-state index contributed by atoms with van der Waals surface area (Å²) in [6, 6.07) is 8.62. The number of hydrogen-bond donors (Lipinski definition) is 0. The van der Waals surface area contributed by atoms with Crippen LogP contribution in [-0.2, 0) is 9.53 Å². The fourth-order valence-corrected chi connectivity index (χ4v) is 7.46. The molecule has 0 aliphatic carbocycles. The summed E-state index contributed by atoms with van der Waals surface area (Å²) in [4.78, 5) is 32.1. The monoisotopic (exact) mass is 756 g/mol. The molecule has 0 N–H and O–H groups in total. The summed E-state index contributed by atoms with van der Waals surface area (Å²) in [5.74, 6) is 1.45. The Bertz CT molecular complexity index is 1650. The molecule has 1 atom stereocenters. The molecule has 8 nitrogen and oxygen atoms in total. The number of benzene rings is 2. The molecule has 0 radical (unpaired) electrons. The molecule has 2 aromatic carbocycles. The average molecular weight is 756 g/mol. The molecule has 0 bridgehead atoms. The van der Waals surface area contributed by atoms with Crippen molar-refractivity contribution in [2.45, 2.75) is 19.9 Å². The number of rotatable bonds is 7. The highest BCUT2D eigenvalue weighted by Crippen LogP contribution is 2.38. The highest BCUT2D eigenvalue weighted by molar-refractivity contribution is 14.1. The number of ether oxygens (including phenoxy) is 4. The Labute approximate surface area is 249 Å². The minimum absolute atomic E-state index is 0.121. The molecule has 0 amide bonds. The first-order valence-electron chi connectivity index (χ1n) is 11.6. The summed E-state index contributed by atoms with van der Waals surface area (Å²) in [7, 11) is 0. The minimum Gasteiger partial charge on any atom is -0.487 e. The van der Waals surface area contributed by atoms with Gasteiger partial charge in [-0.15, -0.1) is 0 Å². The van der Waals surface area contributed by atoms with Gasteiger partial charge >= 0.3 is 5.97 Å². The van der Waals surface area contributed by atoms with Gasteiger partial charge in [-0.25, -0.2) is 9.79 Å². The molecular weight excluding hydrogens is 734 g/mol. The lowest BCUT2D eigenvalue weighted by Crippen LogP contribution is -2.39. The quantitative estimate of drug-likeness (QED) is 0.203. The van der Waals surface area contributed by atoms with Crippen molar-refractivity contribution in [2.24, 2.45) is 4.99 Å². The summed E-state index contributed by atoms with van der Waals surface area (Å²) in [6.07, 6.45) is 3.54. The van der Waals surface area contributed by atoms with Gasteiger partial charge in [0.15, 0.2) is 16.3 Å². The van der Waals surface area contributed by atoms with Gasteiger partial charge in [0.1, 0.15) is 12.4 Å². The van der Waals surface area contributed by atoms with E-state index < -0.39 is 12.0 Å². The number of esters is 1. The highest BCUT2D eigenvalue weighted by atomic mass is 127. The van der Waals surface area contributed by atoms with E-state index in [0.717, 1.165) is 18.5 Å². The highest BCUT2D eigenvalue weighted by Gasteiger charge is 2.34. The molecule has 1 aromatic heterocycles. The van der Waals surface area contributed by atoms with Gasteiger partial charge in [-0.05, 0) is 100 Å². The van der Waals surface area contributed by atoms with E-state index in [1.54, 1.807) is 36.6 Å². The fraction of sp³-hybridized carbons (Fsp3) is 0.222. The Kier molecular flexibility index (Phi) is 7.95. The Hall–Kier alpha value is -2.65. The van der Waals surface area contributed by atoms with Crippen LogP contribution in [0.4, 0.5) is 0 Å². The molecule has 38 heavy (non-hydrogen) atoms. The number of thiazole rings is 1. The lowest BCUT2D eigenvalue weighted by atomic mass is 9.95. The van der Waals surface area contributed by atoms with E-state index >= 15 is 0 Å². The van der Waals surface area contributed by atoms with E-state index in [1.807, 2.05) is 24.3 Å². The molecule has 0 saturated carbocycles. The van der Waals surface area contributed by atoms with Crippen molar-refractivity contribution in [1.29, 1.82) is 0 Å². The van der Waals surface area contributed by atoms with Crippen LogP contribution in [0.2, 0.25) is 0 Å². The van der Waals surface area contributed by atoms with Crippen molar-refractivity contribution in [2.75, 3.05) is 20.0 Å². The van der Waals surface area contributed by atoms with Gasteiger partial charge in [0.25, 0.3) is 5.56 Å². The Morgan fingerprint density at radius 3 is 2.68 bits per heavy atom. The molecule has 0 saturated heterocycles. The number of fused-ring (bicyclic) bond motifs is 2. The predicted molar refractivity (Wildman–Crippen MR) is 161 cm³/mol. The zero-order valence-electron chi connectivity index (χ0n) is 20.5. The zero-order valence-corrected chi connectivity index (χ0v) is 25.6. The summed E-state index contributed by atoms with van der Waals surface area (Å²) in [5, 5.41) is 0. The first-order chi connectivity index (χ1) is 18.3. The SMILES string of the molecule is C=CCOc1c(I)cc(/C=c2\sc3n(c2=O)[C@@H](c2ccc4c(c2)OCO4)C(C(=O)OCC)=C(C)N=3)cc1I. The van der Waals surface area contributed by atoms with Crippen LogP contribution in [0, 0.1) is 7.14 Å². The third-order valence-corrected chi connectivity index (χ3v) is 8.48. The van der Waals surface area contributed by atoms with Crippen molar-refractivity contribution >= 4 is 68.6 Å². The van der Waals surface area contributed by atoms with E-state index in [9.17, 15) is 9.59 Å². The number of carbonyl (C=O) groups is 1. The van der Waals surface area contributed by atoms with Crippen LogP contribution < -0.4 is 29.1 Å². The first-order valence-corrected chi connectivity index (χ1v) is 14.6. The molecule has 2 aliphatic heterocycles. The van der Waals surface area contributed by atoms with Gasteiger partial charge in [-0.1, -0.05) is 30.1 Å². The van der Waals surface area contributed by atoms with Gasteiger partial charge < -0.3 is 18.9 Å². The van der Waals surface area contributed by atoms with E-state index in [4.69, 9.17) is 18.9 Å². The molecule has 3 aromatic rings. The topological polar surface area (TPSA) is 88.3 Å². The van der Waals surface area contributed by atoms with Crippen LogP contribution in [0.5, 0.6) is 17.2 Å². The van der Waals surface area contributed by atoms with Crippen LogP contribution in [0.3, 0.4) is 0 Å². The third-order valence-electron chi connectivity index (χ3n) is 5.89. The molecule has 5 rings (SSSR count). The zero-order chi connectivity index (χ0) is 27.0. The molecule has 11 heteroatoms. The largest absolute Gasteiger partial charge is 0.487 e. The number of allylic oxidation sites excluding steroid dienone is 1. The molecule has 3 heterocycles. The maximum Gasteiger partial charge on any atom is 0.338 e. The van der Waals surface area contributed by atoms with E-state index in [-0.39, 0.29) is 19.0 Å². The van der Waals surface area contributed by atoms with Crippen molar-refractivity contribution < 1.29 is 23.7 Å². The van der Waals surface area contributed by atoms with Crippen molar-refractivity contribution in [1.82, 2.24) is 4.57 Å². The summed E-state index contributed by atoms with van der Waals surface area (Å²) >= 11 is 5.72. The van der Waals surface area contributed by atoms with Gasteiger partial charge in [-0.2, -0.15) is 0 Å². The van der Waals surface area contributed by atoms with Crippen LogP contribution in [0.15, 0.2) is 64.0 Å². The molecule has 0 fully saturated rings. The van der Waals surface area contributed by atoms with E-state index in [1.165, 1.54) is 11.3 Å². The lowest BCUT2D eigenvalue weighted by molar-refractivity contribution is -0.139. The summed E-state index contributed by atoms with van der Waals surface area (Å²) in [6.45, 7) is 7.94. The van der Waals surface area contributed by atoms with Crippen molar-refractivity contribution in [3.05, 3.63) is 92.2 Å². The van der Waals surface area contributed by atoms with Gasteiger partial charge in [0, 0.05) is 0 Å². The average Bonchev–Trinajstić information content (AvgIpc) is 3.46. The Balaban J connectivity index is 1.66. The standard InChI is InChI=1S/C27H22I2N2O6S/c1-4-8-35-24-17(28)9-15(10-18(24)29)11-21-25(32)31-23(16-6-7-19-20(12-16)37-13-36-19)22(26(33)34-5-2)14(3)30-27(31)38-21/h4,6-7,9-12,23H,1,5,8,13H2,2-3H3/b21-11-/t23-/m0/s1. The number of carbonyl (C=O) groups excluding carboxylic acids is 1. The molecule has 0 spiro atoms. The minimum atomic E-state index is -0.725. The fourth-order valence-electron chi connectivity index (χ4n) is 4.28. The number of aromatic nitrogens is 1. The number of halogens is 2. The maximum atomic E-state index is 13.9. The summed E-state index contributed by atoms with van der Waals surface area (Å²) in [5.41, 5.74) is 2.13. The molecule has 2 aliphatic rings. The van der Waals surface area contributed by atoms with E-state index in [2.05, 4.69) is 56.8 Å². The summed E-state index contributed by atoms with van der Waals surface area (Å²) < 4.78 is 26.1. The second kappa shape index (κ2) is 11.2. The van der Waals surface area contributed by atoms with E-state index in [0.29, 0.717) is 44.3 Å². The predicted octanol–water partition coefficient (Wildman–Crippen LogP) is 4.30. The maximum absolute atomic E-state index is 13.9. The molecule has 196 valence electrons. The number of nitrogens with zero attached hydrogens (tertiary/aromatic N) is 2. The number of hydrogen-bond acceptors (Lipinski definition) is 8. The smallest absolute Gasteiger partial charge is 0.338 e. The van der Waals surface area contributed by atoms with Crippen LogP contribution >= 0.6 is 56.5 Å². The third kappa shape index (κ3) is 5.02. The van der Waals surface area contributed by atoms with Crippen LogP contribution in [0.1, 0.15) is 31.0 Å². The van der Waals surface area contributed by atoms with Crippen LogP contribution in [-0.4, -0.2) is 30.5 Å². The molecule has 0 unspecified atom stereocenters. The van der Waals surface area contributed by atoms with Gasteiger partial charge in [0.05, 0.1) is 35.6 Å². The second-order valence-corrected chi connectivity index (χ2v) is 11.7. The lowest BCUT2D eigenvalue weighted by Gasteiger charge is -2.24. The molecular formula is C27H22I2N2O6S. The van der Waals surface area contributed by atoms with Gasteiger partial charge in [0.2, 0.25) is 6.79 Å². The van der Waals surface area contributed by atoms with Crippen molar-refractivity contribution in [3.8, 4) is 17.2 Å². The Morgan fingerprint density at radius 1 is 1.24 bits per heavy atom. The van der Waals surface area contributed by atoms with Gasteiger partial charge in [-0.3, -0.25) is 9.36 Å². The van der Waals surface area contributed by atoms with Crippen LogP contribution in [0.25, 0.3) is 6.08 Å². The Morgan fingerprint density at radius 2 is 1.97 bits per heavy atom.